The Morgan fingerprint density at radius 2 is 2.07 bits per heavy atom. The van der Waals surface area contributed by atoms with Crippen LogP contribution in [0.4, 0.5) is 5.82 Å². The summed E-state index contributed by atoms with van der Waals surface area (Å²) >= 11 is 0. The van der Waals surface area contributed by atoms with Crippen LogP contribution in [0.1, 0.15) is 30.4 Å². The molecule has 0 amide bonds. The maximum absolute atomic E-state index is 9.07. The van der Waals surface area contributed by atoms with E-state index < -0.39 is 0 Å². The van der Waals surface area contributed by atoms with E-state index in [-0.39, 0.29) is 6.61 Å². The maximum atomic E-state index is 9.07. The van der Waals surface area contributed by atoms with Crippen molar-refractivity contribution in [1.82, 2.24) is 4.98 Å². The number of piperidine rings is 1. The summed E-state index contributed by atoms with van der Waals surface area (Å²) in [6.45, 7) is 4.34. The van der Waals surface area contributed by atoms with Gasteiger partial charge in [0.2, 0.25) is 0 Å². The predicted octanol–water partition coefficient (Wildman–Crippen LogP) is 1.87. The molecule has 2 rings (SSSR count). The summed E-state index contributed by atoms with van der Waals surface area (Å²) in [4.78, 5) is 6.73. The van der Waals surface area contributed by atoms with Gasteiger partial charge in [0.1, 0.15) is 5.82 Å². The van der Waals surface area contributed by atoms with Gasteiger partial charge in [0.15, 0.2) is 0 Å². The lowest BCUT2D eigenvalue weighted by Gasteiger charge is -2.28. The van der Waals surface area contributed by atoms with Crippen LogP contribution in [-0.4, -0.2) is 23.2 Å². The molecule has 0 radical (unpaired) electrons. The SMILES string of the molecule is Cc1cc(N2CCCCC2)ncc1CO. The molecule has 1 aliphatic rings. The number of hydrogen-bond acceptors (Lipinski definition) is 3. The van der Waals surface area contributed by atoms with Crippen molar-refractivity contribution in [3.8, 4) is 0 Å². The third kappa shape index (κ3) is 2.29. The standard InChI is InChI=1S/C12H18N2O/c1-10-7-12(13-8-11(10)9-15)14-5-3-2-4-6-14/h7-8,15H,2-6,9H2,1H3. The molecule has 0 atom stereocenters. The van der Waals surface area contributed by atoms with Gasteiger partial charge in [-0.25, -0.2) is 4.98 Å². The Labute approximate surface area is 90.8 Å². The summed E-state index contributed by atoms with van der Waals surface area (Å²) in [5.74, 6) is 1.06. The van der Waals surface area contributed by atoms with E-state index in [2.05, 4.69) is 16.0 Å². The van der Waals surface area contributed by atoms with Gasteiger partial charge in [0, 0.05) is 19.3 Å². The van der Waals surface area contributed by atoms with Crippen molar-refractivity contribution in [3.05, 3.63) is 23.4 Å². The zero-order valence-corrected chi connectivity index (χ0v) is 9.24. The molecule has 0 bridgehead atoms. The van der Waals surface area contributed by atoms with Gasteiger partial charge < -0.3 is 10.0 Å². The van der Waals surface area contributed by atoms with E-state index in [0.29, 0.717) is 0 Å². The minimum Gasteiger partial charge on any atom is -0.392 e. The van der Waals surface area contributed by atoms with E-state index in [0.717, 1.165) is 30.0 Å². The number of aliphatic hydroxyl groups is 1. The molecule has 82 valence electrons. The second-order valence-electron chi connectivity index (χ2n) is 4.17. The Bertz CT molecular complexity index is 332. The first-order valence-corrected chi connectivity index (χ1v) is 5.62. The van der Waals surface area contributed by atoms with E-state index in [1.54, 1.807) is 6.20 Å². The molecule has 0 unspecified atom stereocenters. The summed E-state index contributed by atoms with van der Waals surface area (Å²) in [7, 11) is 0. The summed E-state index contributed by atoms with van der Waals surface area (Å²) in [5.41, 5.74) is 2.06. The average Bonchev–Trinajstić information content (AvgIpc) is 2.30. The van der Waals surface area contributed by atoms with Gasteiger partial charge in [-0.05, 0) is 43.4 Å². The molecular formula is C12H18N2O. The van der Waals surface area contributed by atoms with Crippen LogP contribution in [0.25, 0.3) is 0 Å². The molecule has 1 N–H and O–H groups in total. The molecule has 15 heavy (non-hydrogen) atoms. The van der Waals surface area contributed by atoms with Crippen LogP contribution < -0.4 is 4.90 Å². The summed E-state index contributed by atoms with van der Waals surface area (Å²) in [6, 6.07) is 2.08. The normalized spacial score (nSPS) is 16.8. The largest absolute Gasteiger partial charge is 0.392 e. The van der Waals surface area contributed by atoms with E-state index in [4.69, 9.17) is 5.11 Å². The van der Waals surface area contributed by atoms with E-state index in [9.17, 15) is 0 Å². The van der Waals surface area contributed by atoms with Crippen molar-refractivity contribution in [2.24, 2.45) is 0 Å². The number of pyridine rings is 1. The lowest BCUT2D eigenvalue weighted by atomic mass is 10.1. The lowest BCUT2D eigenvalue weighted by molar-refractivity contribution is 0.280. The topological polar surface area (TPSA) is 36.4 Å². The van der Waals surface area contributed by atoms with Crippen molar-refractivity contribution in [2.75, 3.05) is 18.0 Å². The molecule has 1 fully saturated rings. The van der Waals surface area contributed by atoms with Crippen molar-refractivity contribution in [3.63, 3.8) is 0 Å². The van der Waals surface area contributed by atoms with Crippen LogP contribution in [-0.2, 0) is 6.61 Å². The molecule has 3 heteroatoms. The molecule has 0 spiro atoms. The number of aliphatic hydroxyl groups excluding tert-OH is 1. The van der Waals surface area contributed by atoms with Crippen LogP contribution in [0.15, 0.2) is 12.3 Å². The Balaban J connectivity index is 2.17. The van der Waals surface area contributed by atoms with E-state index in [1.165, 1.54) is 19.3 Å². The first-order chi connectivity index (χ1) is 7.31. The zero-order valence-electron chi connectivity index (χ0n) is 9.24. The first kappa shape index (κ1) is 10.4. The Morgan fingerprint density at radius 1 is 1.33 bits per heavy atom. The monoisotopic (exact) mass is 206 g/mol. The first-order valence-electron chi connectivity index (χ1n) is 5.62. The number of rotatable bonds is 2. The van der Waals surface area contributed by atoms with Gasteiger partial charge in [-0.3, -0.25) is 0 Å². The zero-order chi connectivity index (χ0) is 10.7. The predicted molar refractivity (Wildman–Crippen MR) is 61.0 cm³/mol. The second-order valence-corrected chi connectivity index (χ2v) is 4.17. The Hall–Kier alpha value is -1.09. The van der Waals surface area contributed by atoms with Crippen molar-refractivity contribution >= 4 is 5.82 Å². The fourth-order valence-electron chi connectivity index (χ4n) is 2.03. The second kappa shape index (κ2) is 4.62. The van der Waals surface area contributed by atoms with Crippen molar-refractivity contribution in [2.45, 2.75) is 32.8 Å². The fraction of sp³-hybridized carbons (Fsp3) is 0.583. The van der Waals surface area contributed by atoms with Crippen LogP contribution in [0.3, 0.4) is 0 Å². The Kier molecular flexibility index (Phi) is 3.21. The van der Waals surface area contributed by atoms with Gasteiger partial charge in [-0.1, -0.05) is 0 Å². The van der Waals surface area contributed by atoms with E-state index >= 15 is 0 Å². The lowest BCUT2D eigenvalue weighted by Crippen LogP contribution is -2.30. The molecule has 0 aromatic carbocycles. The quantitative estimate of drug-likeness (QED) is 0.802. The highest BCUT2D eigenvalue weighted by molar-refractivity contribution is 5.43. The van der Waals surface area contributed by atoms with Crippen LogP contribution >= 0.6 is 0 Å². The van der Waals surface area contributed by atoms with Crippen molar-refractivity contribution < 1.29 is 5.11 Å². The summed E-state index contributed by atoms with van der Waals surface area (Å²) in [6.07, 6.45) is 5.66. The van der Waals surface area contributed by atoms with Crippen LogP contribution in [0.5, 0.6) is 0 Å². The molecule has 0 saturated carbocycles. The Morgan fingerprint density at radius 3 is 2.67 bits per heavy atom. The average molecular weight is 206 g/mol. The highest BCUT2D eigenvalue weighted by atomic mass is 16.3. The van der Waals surface area contributed by atoms with Crippen LogP contribution in [0, 0.1) is 6.92 Å². The highest BCUT2D eigenvalue weighted by Crippen LogP contribution is 2.19. The van der Waals surface area contributed by atoms with Gasteiger partial charge in [-0.15, -0.1) is 0 Å². The fourth-order valence-corrected chi connectivity index (χ4v) is 2.03. The van der Waals surface area contributed by atoms with Crippen molar-refractivity contribution in [1.29, 1.82) is 0 Å². The van der Waals surface area contributed by atoms with Gasteiger partial charge >= 0.3 is 0 Å². The van der Waals surface area contributed by atoms with Gasteiger partial charge in [0.25, 0.3) is 0 Å². The summed E-state index contributed by atoms with van der Waals surface area (Å²) < 4.78 is 0. The highest BCUT2D eigenvalue weighted by Gasteiger charge is 2.12. The summed E-state index contributed by atoms with van der Waals surface area (Å²) in [5, 5.41) is 9.07. The molecule has 2 heterocycles. The minimum atomic E-state index is 0.0825. The molecule has 1 aromatic rings. The number of hydrogen-bond donors (Lipinski definition) is 1. The molecule has 1 aromatic heterocycles. The van der Waals surface area contributed by atoms with Crippen LogP contribution in [0.2, 0.25) is 0 Å². The third-order valence-corrected chi connectivity index (χ3v) is 3.06. The minimum absolute atomic E-state index is 0.0825. The maximum Gasteiger partial charge on any atom is 0.128 e. The third-order valence-electron chi connectivity index (χ3n) is 3.06. The molecule has 0 aliphatic carbocycles. The van der Waals surface area contributed by atoms with E-state index in [1.807, 2.05) is 6.92 Å². The number of nitrogens with zero attached hydrogens (tertiary/aromatic N) is 2. The number of aromatic nitrogens is 1. The molecule has 1 saturated heterocycles. The smallest absolute Gasteiger partial charge is 0.128 e. The van der Waals surface area contributed by atoms with Gasteiger partial charge in [-0.2, -0.15) is 0 Å². The molecule has 3 nitrogen and oxygen atoms in total. The molecular weight excluding hydrogens is 188 g/mol. The molecule has 1 aliphatic heterocycles. The number of anilines is 1. The van der Waals surface area contributed by atoms with Gasteiger partial charge in [0.05, 0.1) is 6.61 Å². The number of aryl methyl sites for hydroxylation is 1.